The van der Waals surface area contributed by atoms with Gasteiger partial charge in [0.15, 0.2) is 17.7 Å². The fourth-order valence-electron chi connectivity index (χ4n) is 2.79. The third kappa shape index (κ3) is 2.84. The molecule has 0 unspecified atom stereocenters. The molecular weight excluding hydrogens is 304 g/mol. The lowest BCUT2D eigenvalue weighted by Crippen LogP contribution is -2.49. The van der Waals surface area contributed by atoms with Crippen LogP contribution in [0.4, 0.5) is 14.5 Å². The van der Waals surface area contributed by atoms with Crippen LogP contribution in [0.5, 0.6) is 0 Å². The fourth-order valence-corrected chi connectivity index (χ4v) is 2.79. The highest BCUT2D eigenvalue weighted by atomic mass is 19.2. The molecule has 1 aromatic carbocycles. The molecule has 122 valence electrons. The topological polar surface area (TPSA) is 54.5 Å². The number of ether oxygens (including phenoxy) is 1. The zero-order valence-corrected chi connectivity index (χ0v) is 12.9. The van der Waals surface area contributed by atoms with Crippen molar-refractivity contribution < 1.29 is 18.3 Å². The summed E-state index contributed by atoms with van der Waals surface area (Å²) in [6.07, 6.45) is -0.595. The van der Waals surface area contributed by atoms with Gasteiger partial charge in [-0.3, -0.25) is 4.79 Å². The summed E-state index contributed by atoms with van der Waals surface area (Å²) >= 11 is 0. The molecule has 1 atom stereocenters. The first-order valence-electron chi connectivity index (χ1n) is 7.34. The van der Waals surface area contributed by atoms with Crippen LogP contribution >= 0.6 is 0 Å². The molecule has 1 aliphatic heterocycles. The Kier molecular flexibility index (Phi) is 4.12. The summed E-state index contributed by atoms with van der Waals surface area (Å²) in [5.41, 5.74) is 1.31. The number of halogens is 2. The molecule has 2 aromatic rings. The van der Waals surface area contributed by atoms with Crippen LogP contribution in [-0.2, 0) is 9.53 Å². The average molecular weight is 321 g/mol. The summed E-state index contributed by atoms with van der Waals surface area (Å²) < 4.78 is 33.0. The zero-order valence-electron chi connectivity index (χ0n) is 12.9. The van der Waals surface area contributed by atoms with E-state index in [2.05, 4.69) is 10.3 Å². The predicted molar refractivity (Wildman–Crippen MR) is 82.4 cm³/mol. The smallest absolute Gasteiger partial charge is 0.250 e. The third-order valence-corrected chi connectivity index (χ3v) is 3.92. The number of fused-ring (bicyclic) bond motifs is 1. The van der Waals surface area contributed by atoms with Crippen molar-refractivity contribution in [3.8, 4) is 0 Å². The number of amides is 1. The van der Waals surface area contributed by atoms with Crippen LogP contribution in [-0.4, -0.2) is 43.7 Å². The lowest BCUT2D eigenvalue weighted by Gasteiger charge is -2.34. The van der Waals surface area contributed by atoms with Crippen molar-refractivity contribution in [3.63, 3.8) is 0 Å². The molecule has 1 N–H and O–H groups in total. The standard InChI is InChI=1S/C16H17F2N3O2/c1-9-7-12(10-3-4-11(17)14(18)15(10)20-9)21-5-6-23-13(8-21)16(22)19-2/h3-4,7,13H,5-6,8H2,1-2H3,(H,19,22)/t13-/m1/s1. The first kappa shape index (κ1) is 15.6. The molecule has 0 spiro atoms. The summed E-state index contributed by atoms with van der Waals surface area (Å²) in [6, 6.07) is 4.42. The number of aromatic nitrogens is 1. The highest BCUT2D eigenvalue weighted by Gasteiger charge is 2.27. The molecular formula is C16H17F2N3O2. The van der Waals surface area contributed by atoms with Crippen molar-refractivity contribution in [2.45, 2.75) is 13.0 Å². The molecule has 3 rings (SSSR count). The maximum Gasteiger partial charge on any atom is 0.250 e. The highest BCUT2D eigenvalue weighted by molar-refractivity contribution is 5.93. The van der Waals surface area contributed by atoms with E-state index < -0.39 is 17.7 Å². The van der Waals surface area contributed by atoms with Gasteiger partial charge in [0.1, 0.15) is 5.52 Å². The van der Waals surface area contributed by atoms with E-state index in [1.807, 2.05) is 11.0 Å². The fraction of sp³-hybridized carbons (Fsp3) is 0.375. The number of aryl methyl sites for hydroxylation is 1. The Morgan fingerprint density at radius 2 is 2.22 bits per heavy atom. The van der Waals surface area contributed by atoms with E-state index >= 15 is 0 Å². The molecule has 1 aromatic heterocycles. The summed E-state index contributed by atoms with van der Waals surface area (Å²) in [5.74, 6) is -2.09. The molecule has 5 nitrogen and oxygen atoms in total. The number of hydrogen-bond acceptors (Lipinski definition) is 4. The van der Waals surface area contributed by atoms with Gasteiger partial charge in [0.05, 0.1) is 13.2 Å². The first-order chi connectivity index (χ1) is 11.0. The van der Waals surface area contributed by atoms with E-state index in [1.54, 1.807) is 14.0 Å². The quantitative estimate of drug-likeness (QED) is 0.916. The molecule has 7 heteroatoms. The second-order valence-electron chi connectivity index (χ2n) is 5.46. The number of benzene rings is 1. The van der Waals surface area contributed by atoms with Crippen molar-refractivity contribution in [2.24, 2.45) is 0 Å². The Morgan fingerprint density at radius 3 is 2.96 bits per heavy atom. The number of nitrogens with one attached hydrogen (secondary N) is 1. The highest BCUT2D eigenvalue weighted by Crippen LogP contribution is 2.30. The van der Waals surface area contributed by atoms with Gasteiger partial charge in [-0.25, -0.2) is 13.8 Å². The second kappa shape index (κ2) is 6.08. The summed E-state index contributed by atoms with van der Waals surface area (Å²) in [5, 5.41) is 3.08. The number of carbonyl (C=O) groups excluding carboxylic acids is 1. The van der Waals surface area contributed by atoms with Gasteiger partial charge in [-0.2, -0.15) is 0 Å². The van der Waals surface area contributed by atoms with Gasteiger partial charge in [0, 0.05) is 30.4 Å². The largest absolute Gasteiger partial charge is 0.365 e. The Morgan fingerprint density at radius 1 is 1.43 bits per heavy atom. The summed E-state index contributed by atoms with van der Waals surface area (Å²) in [4.78, 5) is 17.8. The molecule has 1 aliphatic rings. The number of nitrogens with zero attached hydrogens (tertiary/aromatic N) is 2. The summed E-state index contributed by atoms with van der Waals surface area (Å²) in [6.45, 7) is 3.01. The predicted octanol–water partition coefficient (Wildman–Crippen LogP) is 1.77. The number of morpholine rings is 1. The minimum atomic E-state index is -0.955. The molecule has 0 radical (unpaired) electrons. The maximum atomic E-state index is 14.0. The van der Waals surface area contributed by atoms with Gasteiger partial charge in [-0.15, -0.1) is 0 Å². The van der Waals surface area contributed by atoms with Gasteiger partial charge >= 0.3 is 0 Å². The van der Waals surface area contributed by atoms with Crippen molar-refractivity contribution in [1.29, 1.82) is 0 Å². The Balaban J connectivity index is 2.05. The molecule has 1 saturated heterocycles. The van der Waals surface area contributed by atoms with Crippen molar-refractivity contribution in [3.05, 3.63) is 35.5 Å². The van der Waals surface area contributed by atoms with E-state index in [0.29, 0.717) is 30.8 Å². The number of pyridine rings is 1. The molecule has 1 fully saturated rings. The SMILES string of the molecule is CNC(=O)[C@H]1CN(c2cc(C)nc3c(F)c(F)ccc23)CCO1. The van der Waals surface area contributed by atoms with Crippen LogP contribution in [0, 0.1) is 18.6 Å². The number of carbonyl (C=O) groups is 1. The third-order valence-electron chi connectivity index (χ3n) is 3.92. The Hall–Kier alpha value is -2.28. The first-order valence-corrected chi connectivity index (χ1v) is 7.34. The van der Waals surface area contributed by atoms with E-state index in [-0.39, 0.29) is 11.4 Å². The van der Waals surface area contributed by atoms with E-state index in [9.17, 15) is 13.6 Å². The van der Waals surface area contributed by atoms with Crippen LogP contribution in [0.3, 0.4) is 0 Å². The number of rotatable bonds is 2. The van der Waals surface area contributed by atoms with Gasteiger partial charge in [-0.05, 0) is 25.1 Å². The molecule has 0 bridgehead atoms. The molecule has 0 aliphatic carbocycles. The Bertz CT molecular complexity index is 767. The van der Waals surface area contributed by atoms with Crippen LogP contribution in [0.25, 0.3) is 10.9 Å². The Labute approximate surface area is 132 Å². The lowest BCUT2D eigenvalue weighted by molar-refractivity contribution is -0.132. The van der Waals surface area contributed by atoms with Crippen LogP contribution in [0.1, 0.15) is 5.69 Å². The molecule has 2 heterocycles. The van der Waals surface area contributed by atoms with Crippen LogP contribution in [0.15, 0.2) is 18.2 Å². The van der Waals surface area contributed by atoms with Gasteiger partial charge < -0.3 is 15.0 Å². The molecule has 0 saturated carbocycles. The zero-order chi connectivity index (χ0) is 16.6. The van der Waals surface area contributed by atoms with Crippen LogP contribution < -0.4 is 10.2 Å². The monoisotopic (exact) mass is 321 g/mol. The van der Waals surface area contributed by atoms with E-state index in [1.165, 1.54) is 6.07 Å². The van der Waals surface area contributed by atoms with E-state index in [0.717, 1.165) is 11.8 Å². The van der Waals surface area contributed by atoms with Gasteiger partial charge in [0.25, 0.3) is 5.91 Å². The number of likely N-dealkylation sites (N-methyl/N-ethyl adjacent to an activating group) is 1. The normalized spacial score (nSPS) is 18.3. The number of anilines is 1. The van der Waals surface area contributed by atoms with Crippen LogP contribution in [0.2, 0.25) is 0 Å². The van der Waals surface area contributed by atoms with Crippen molar-refractivity contribution >= 4 is 22.5 Å². The lowest BCUT2D eigenvalue weighted by atomic mass is 10.1. The average Bonchev–Trinajstić information content (AvgIpc) is 2.57. The second-order valence-corrected chi connectivity index (χ2v) is 5.46. The van der Waals surface area contributed by atoms with Gasteiger partial charge in [0.2, 0.25) is 0 Å². The maximum absolute atomic E-state index is 14.0. The van der Waals surface area contributed by atoms with Crippen molar-refractivity contribution in [1.82, 2.24) is 10.3 Å². The van der Waals surface area contributed by atoms with E-state index in [4.69, 9.17) is 4.74 Å². The minimum absolute atomic E-state index is 0.00276. The molecule has 1 amide bonds. The van der Waals surface area contributed by atoms with Gasteiger partial charge in [-0.1, -0.05) is 0 Å². The van der Waals surface area contributed by atoms with Crippen molar-refractivity contribution in [2.75, 3.05) is 31.6 Å². The summed E-state index contributed by atoms with van der Waals surface area (Å²) in [7, 11) is 1.55. The minimum Gasteiger partial charge on any atom is -0.365 e. The molecule has 23 heavy (non-hydrogen) atoms. The number of hydrogen-bond donors (Lipinski definition) is 1.